The van der Waals surface area contributed by atoms with Gasteiger partial charge in [-0.05, 0) is 49.9 Å². The Balaban J connectivity index is 2.91. The van der Waals surface area contributed by atoms with Crippen molar-refractivity contribution in [3.63, 3.8) is 0 Å². The highest BCUT2D eigenvalue weighted by Gasteiger charge is 2.21. The number of benzene rings is 1. The Kier molecular flexibility index (Phi) is 6.43. The summed E-state index contributed by atoms with van der Waals surface area (Å²) in [6, 6.07) is 2.55. The second-order valence-electron chi connectivity index (χ2n) is 4.59. The summed E-state index contributed by atoms with van der Waals surface area (Å²) < 4.78 is 46.7. The zero-order valence-electron chi connectivity index (χ0n) is 11.2. The van der Waals surface area contributed by atoms with E-state index in [9.17, 15) is 12.8 Å². The van der Waals surface area contributed by atoms with Crippen LogP contribution in [0.1, 0.15) is 13.8 Å². The summed E-state index contributed by atoms with van der Waals surface area (Å²) in [5.74, 6) is 0.00684. The first-order valence-electron chi connectivity index (χ1n) is 5.75. The third-order valence-electron chi connectivity index (χ3n) is 2.42. The fraction of sp³-hybridized carbons (Fsp3) is 0.500. The summed E-state index contributed by atoms with van der Waals surface area (Å²) in [6.07, 6.45) is 0.497. The summed E-state index contributed by atoms with van der Waals surface area (Å²) in [5.41, 5.74) is 0. The van der Waals surface area contributed by atoms with Crippen LogP contribution in [0.3, 0.4) is 0 Å². The van der Waals surface area contributed by atoms with Crippen molar-refractivity contribution in [2.24, 2.45) is 5.92 Å². The molecule has 4 nitrogen and oxygen atoms in total. The minimum Gasteiger partial charge on any atom is -0.485 e. The summed E-state index contributed by atoms with van der Waals surface area (Å²) in [7, 11) is -3.54. The average Bonchev–Trinajstić information content (AvgIpc) is 2.24. The second-order valence-corrected chi connectivity index (χ2v) is 7.94. The van der Waals surface area contributed by atoms with Gasteiger partial charge in [0.05, 0.1) is 15.2 Å². The van der Waals surface area contributed by atoms with E-state index in [2.05, 4.69) is 31.9 Å². The summed E-state index contributed by atoms with van der Waals surface area (Å²) in [4.78, 5) is 0. The number of hydrogen-bond donors (Lipinski definition) is 0. The van der Waals surface area contributed by atoms with E-state index in [1.54, 1.807) is 0 Å². The highest BCUT2D eigenvalue weighted by molar-refractivity contribution is 9.11. The molecule has 0 N–H and O–H groups in total. The van der Waals surface area contributed by atoms with Gasteiger partial charge >= 0.3 is 0 Å². The Morgan fingerprint density at radius 1 is 1.25 bits per heavy atom. The lowest BCUT2D eigenvalue weighted by atomic mass is 10.1. The SMILES string of the molecule is CC(C)[C@H](COS(C)(=O)=O)Oc1c(Br)cc(F)cc1Br. The van der Waals surface area contributed by atoms with Crippen LogP contribution >= 0.6 is 31.9 Å². The van der Waals surface area contributed by atoms with Gasteiger partial charge in [0.1, 0.15) is 24.3 Å². The summed E-state index contributed by atoms with van der Waals surface area (Å²) in [5, 5.41) is 0. The van der Waals surface area contributed by atoms with Gasteiger partial charge in [-0.25, -0.2) is 4.39 Å². The van der Waals surface area contributed by atoms with Crippen molar-refractivity contribution in [1.29, 1.82) is 0 Å². The molecule has 0 saturated heterocycles. The molecular weight excluding hydrogens is 419 g/mol. The molecule has 0 aliphatic carbocycles. The van der Waals surface area contributed by atoms with E-state index in [-0.39, 0.29) is 12.5 Å². The van der Waals surface area contributed by atoms with E-state index in [0.29, 0.717) is 14.7 Å². The van der Waals surface area contributed by atoms with Crippen molar-refractivity contribution in [2.75, 3.05) is 12.9 Å². The van der Waals surface area contributed by atoms with Gasteiger partial charge in [-0.1, -0.05) is 13.8 Å². The zero-order chi connectivity index (χ0) is 15.5. The third-order valence-corrected chi connectivity index (χ3v) is 4.16. The van der Waals surface area contributed by atoms with Gasteiger partial charge in [0.15, 0.2) is 0 Å². The van der Waals surface area contributed by atoms with Crippen LogP contribution in [-0.2, 0) is 14.3 Å². The van der Waals surface area contributed by atoms with Crippen molar-refractivity contribution in [2.45, 2.75) is 20.0 Å². The molecule has 0 aliphatic heterocycles. The highest BCUT2D eigenvalue weighted by atomic mass is 79.9. The maximum atomic E-state index is 13.2. The normalized spacial score (nSPS) is 13.6. The molecule has 0 bridgehead atoms. The van der Waals surface area contributed by atoms with Crippen LogP contribution in [0.5, 0.6) is 5.75 Å². The fourth-order valence-corrected chi connectivity index (χ4v) is 3.04. The standard InChI is InChI=1S/C12H15Br2FO4S/c1-7(2)11(6-18-20(3,16)17)19-12-9(13)4-8(15)5-10(12)14/h4-5,7,11H,6H2,1-3H3/t11-/m0/s1. The van der Waals surface area contributed by atoms with E-state index < -0.39 is 22.0 Å². The minimum absolute atomic E-state index is 0.0144. The molecule has 20 heavy (non-hydrogen) atoms. The molecule has 0 aliphatic rings. The number of rotatable bonds is 6. The summed E-state index contributed by atoms with van der Waals surface area (Å²) >= 11 is 6.42. The smallest absolute Gasteiger partial charge is 0.264 e. The van der Waals surface area contributed by atoms with E-state index in [0.717, 1.165) is 6.26 Å². The predicted octanol–water partition coefficient (Wildman–Crippen LogP) is 3.73. The zero-order valence-corrected chi connectivity index (χ0v) is 15.2. The van der Waals surface area contributed by atoms with Crippen LogP contribution in [0.2, 0.25) is 0 Å². The van der Waals surface area contributed by atoms with Gasteiger partial charge in [0.2, 0.25) is 0 Å². The Morgan fingerprint density at radius 2 is 1.75 bits per heavy atom. The molecule has 0 unspecified atom stereocenters. The van der Waals surface area contributed by atoms with E-state index in [4.69, 9.17) is 8.92 Å². The monoisotopic (exact) mass is 432 g/mol. The molecule has 1 rings (SSSR count). The van der Waals surface area contributed by atoms with Crippen LogP contribution in [0, 0.1) is 11.7 Å². The number of halogens is 3. The van der Waals surface area contributed by atoms with E-state index >= 15 is 0 Å². The molecule has 0 radical (unpaired) electrons. The van der Waals surface area contributed by atoms with Crippen LogP contribution in [0.25, 0.3) is 0 Å². The molecule has 0 aromatic heterocycles. The summed E-state index contributed by atoms with van der Waals surface area (Å²) in [6.45, 7) is 3.65. The van der Waals surface area contributed by atoms with Gasteiger partial charge in [0.25, 0.3) is 10.1 Å². The lowest BCUT2D eigenvalue weighted by Crippen LogP contribution is -2.30. The van der Waals surface area contributed by atoms with Gasteiger partial charge < -0.3 is 4.74 Å². The molecule has 1 atom stereocenters. The lowest BCUT2D eigenvalue weighted by Gasteiger charge is -2.23. The maximum Gasteiger partial charge on any atom is 0.264 e. The van der Waals surface area contributed by atoms with E-state index in [1.807, 2.05) is 13.8 Å². The van der Waals surface area contributed by atoms with Gasteiger partial charge in [-0.3, -0.25) is 4.18 Å². The van der Waals surface area contributed by atoms with Crippen molar-refractivity contribution in [1.82, 2.24) is 0 Å². The minimum atomic E-state index is -3.54. The maximum absolute atomic E-state index is 13.2. The Labute approximate surface area is 135 Å². The Bertz CT molecular complexity index is 552. The molecule has 0 spiro atoms. The second kappa shape index (κ2) is 7.20. The van der Waals surface area contributed by atoms with Gasteiger partial charge in [-0.15, -0.1) is 0 Å². The van der Waals surface area contributed by atoms with Crippen LogP contribution in [0.15, 0.2) is 21.1 Å². The predicted molar refractivity (Wildman–Crippen MR) is 81.8 cm³/mol. The van der Waals surface area contributed by atoms with E-state index in [1.165, 1.54) is 12.1 Å². The van der Waals surface area contributed by atoms with Crippen molar-refractivity contribution >= 4 is 42.0 Å². The fourth-order valence-electron chi connectivity index (χ4n) is 1.35. The van der Waals surface area contributed by atoms with Crippen LogP contribution in [-0.4, -0.2) is 27.4 Å². The average molecular weight is 434 g/mol. The van der Waals surface area contributed by atoms with Crippen LogP contribution in [0.4, 0.5) is 4.39 Å². The lowest BCUT2D eigenvalue weighted by molar-refractivity contribution is 0.0930. The number of ether oxygens (including phenoxy) is 1. The Hall–Kier alpha value is -0.180. The number of hydrogen-bond acceptors (Lipinski definition) is 4. The first kappa shape index (κ1) is 17.9. The molecular formula is C12H15Br2FO4S. The third kappa shape index (κ3) is 5.67. The van der Waals surface area contributed by atoms with Gasteiger partial charge in [0, 0.05) is 0 Å². The first-order chi connectivity index (χ1) is 9.10. The van der Waals surface area contributed by atoms with Crippen LogP contribution < -0.4 is 4.74 Å². The van der Waals surface area contributed by atoms with Crippen molar-refractivity contribution in [3.05, 3.63) is 26.9 Å². The first-order valence-corrected chi connectivity index (χ1v) is 9.16. The molecule has 8 heteroatoms. The van der Waals surface area contributed by atoms with Gasteiger partial charge in [-0.2, -0.15) is 8.42 Å². The quantitative estimate of drug-likeness (QED) is 0.641. The molecule has 0 fully saturated rings. The highest BCUT2D eigenvalue weighted by Crippen LogP contribution is 2.35. The molecule has 0 heterocycles. The largest absolute Gasteiger partial charge is 0.485 e. The molecule has 0 amide bonds. The molecule has 1 aromatic carbocycles. The van der Waals surface area contributed by atoms with Crippen molar-refractivity contribution < 1.29 is 21.7 Å². The van der Waals surface area contributed by atoms with Crippen molar-refractivity contribution in [3.8, 4) is 5.75 Å². The molecule has 1 aromatic rings. The Morgan fingerprint density at radius 3 is 2.15 bits per heavy atom. The topological polar surface area (TPSA) is 52.6 Å². The molecule has 0 saturated carbocycles. The molecule has 114 valence electrons.